The highest BCUT2D eigenvalue weighted by Gasteiger charge is 2.32. The molecule has 10 amide bonds. The number of aromatic nitrogens is 4. The number of aliphatic hydroxyl groups is 4. The highest BCUT2D eigenvalue weighted by Crippen LogP contribution is 2.13. The number of carbonyl (C=O) groups excluding carboxylic acids is 10. The fourth-order valence-corrected chi connectivity index (χ4v) is 7.58. The predicted molar refractivity (Wildman–Crippen MR) is 299 cm³/mol. The van der Waals surface area contributed by atoms with Crippen LogP contribution in [0.25, 0.3) is 0 Å². The number of hydrogen-bond acceptors (Lipinski definition) is 19. The number of aliphatic hydroxyl groups excluding tert-OH is 4. The first-order valence-electron chi connectivity index (χ1n) is 27.3. The number of nitrogens with two attached hydrogens (primary N) is 1. The lowest BCUT2D eigenvalue weighted by Crippen LogP contribution is -2.56. The number of hydrazone groups is 1. The number of unbranched alkanes of at least 4 members (excludes halogenated alkanes) is 2. The van der Waals surface area contributed by atoms with Crippen LogP contribution in [0, 0.1) is 0 Å². The van der Waals surface area contributed by atoms with Crippen molar-refractivity contribution in [1.82, 2.24) is 67.8 Å². The summed E-state index contributed by atoms with van der Waals surface area (Å²) in [5.74, 6) is -7.93. The van der Waals surface area contributed by atoms with Crippen molar-refractivity contribution < 1.29 is 82.7 Å². The van der Waals surface area contributed by atoms with Gasteiger partial charge in [0, 0.05) is 100 Å². The minimum Gasteiger partial charge on any atom is -0.481 e. The SMILES string of the molecule is NC(=O)C(CCCCNC(=O)CNC(=O)CCC(=O)NCCc1cnc[nH]1)NC(=O)C(CCC(=O)O)NC(=O)C(CCCCNC(=O)CNC(=O)CCC(=O)NCCc1cnc[nH]1)NC(=O)c1ccc(N/N=C/C(F)C(O)C(O)C(O)CO)cc1. The topological polar surface area (TPSA) is 505 Å². The lowest BCUT2D eigenvalue weighted by atomic mass is 10.0. The largest absolute Gasteiger partial charge is 0.481 e. The van der Waals surface area contributed by atoms with Crippen molar-refractivity contribution in [1.29, 1.82) is 0 Å². The molecule has 19 N–H and O–H groups in total. The summed E-state index contributed by atoms with van der Waals surface area (Å²) in [5.41, 5.74) is 9.88. The van der Waals surface area contributed by atoms with Crippen LogP contribution < -0.4 is 59.0 Å². The lowest BCUT2D eigenvalue weighted by molar-refractivity contribution is -0.138. The molecule has 0 saturated carbocycles. The van der Waals surface area contributed by atoms with Gasteiger partial charge >= 0.3 is 5.97 Å². The average molecular weight is 1200 g/mol. The van der Waals surface area contributed by atoms with Gasteiger partial charge in [-0.3, -0.25) is 58.2 Å². The zero-order chi connectivity index (χ0) is 62.5. The number of nitrogens with zero attached hydrogens (tertiary/aromatic N) is 3. The second-order valence-corrected chi connectivity index (χ2v) is 19.2. The van der Waals surface area contributed by atoms with E-state index in [9.17, 15) is 77.6 Å². The zero-order valence-corrected chi connectivity index (χ0v) is 46.6. The van der Waals surface area contributed by atoms with Gasteiger partial charge in [0.1, 0.15) is 36.4 Å². The first-order valence-corrected chi connectivity index (χ1v) is 27.3. The first kappa shape index (κ1) is 70.3. The number of rotatable bonds is 43. The maximum atomic E-state index is 14.4. The number of aliphatic carboxylic acids is 1. The number of benzene rings is 1. The van der Waals surface area contributed by atoms with Crippen LogP contribution in [-0.2, 0) is 60.8 Å². The molecule has 468 valence electrons. The second kappa shape index (κ2) is 39.5. The number of anilines is 1. The summed E-state index contributed by atoms with van der Waals surface area (Å²) in [6.07, 6.45) is -1.29. The first-order chi connectivity index (χ1) is 40.6. The molecule has 7 atom stereocenters. The molecule has 7 unspecified atom stereocenters. The number of aromatic amines is 2. The Morgan fingerprint density at radius 2 is 1.04 bits per heavy atom. The quantitative estimate of drug-likeness (QED) is 0.0144. The van der Waals surface area contributed by atoms with Gasteiger partial charge in [-0.2, -0.15) is 5.10 Å². The number of carboxylic acids is 1. The molecule has 2 aromatic heterocycles. The summed E-state index contributed by atoms with van der Waals surface area (Å²) in [7, 11) is 0. The van der Waals surface area contributed by atoms with E-state index in [1.165, 1.54) is 36.9 Å². The van der Waals surface area contributed by atoms with Crippen molar-refractivity contribution in [2.24, 2.45) is 10.8 Å². The molecule has 1 aromatic carbocycles. The molecule has 3 rings (SSSR count). The summed E-state index contributed by atoms with van der Waals surface area (Å²) in [4.78, 5) is 153. The Labute approximate surface area is 487 Å². The molecule has 2 heterocycles. The summed E-state index contributed by atoms with van der Waals surface area (Å²) >= 11 is 0. The van der Waals surface area contributed by atoms with Gasteiger partial charge in [-0.15, -0.1) is 0 Å². The lowest BCUT2D eigenvalue weighted by Gasteiger charge is -2.25. The van der Waals surface area contributed by atoms with Gasteiger partial charge in [-0.1, -0.05) is 0 Å². The van der Waals surface area contributed by atoms with Crippen LogP contribution in [0.2, 0.25) is 0 Å². The molecule has 32 nitrogen and oxygen atoms in total. The zero-order valence-electron chi connectivity index (χ0n) is 46.6. The van der Waals surface area contributed by atoms with E-state index in [0.29, 0.717) is 32.1 Å². The number of carboxylic acid groups (broad SMARTS) is 1. The number of carbonyl (C=O) groups is 11. The van der Waals surface area contributed by atoms with Crippen LogP contribution in [0.15, 0.2) is 54.4 Å². The van der Waals surface area contributed by atoms with Gasteiger partial charge in [-0.25, -0.2) is 14.4 Å². The highest BCUT2D eigenvalue weighted by atomic mass is 19.1. The van der Waals surface area contributed by atoms with E-state index in [1.54, 1.807) is 12.4 Å². The number of alkyl halides is 1. The van der Waals surface area contributed by atoms with Crippen LogP contribution in [0.5, 0.6) is 0 Å². The van der Waals surface area contributed by atoms with E-state index >= 15 is 0 Å². The van der Waals surface area contributed by atoms with Crippen molar-refractivity contribution in [3.63, 3.8) is 0 Å². The molecule has 0 aliphatic heterocycles. The molecule has 0 spiro atoms. The number of amides is 10. The van der Waals surface area contributed by atoms with Crippen molar-refractivity contribution in [3.8, 4) is 0 Å². The number of halogens is 1. The Morgan fingerprint density at radius 3 is 1.49 bits per heavy atom. The van der Waals surface area contributed by atoms with E-state index < -0.39 is 122 Å². The predicted octanol–water partition coefficient (Wildman–Crippen LogP) is -4.55. The summed E-state index contributed by atoms with van der Waals surface area (Å²) in [5, 5.41) is 74.1. The molecular formula is C52H77FN16O16. The van der Waals surface area contributed by atoms with Crippen LogP contribution in [0.4, 0.5) is 10.1 Å². The molecule has 0 fully saturated rings. The van der Waals surface area contributed by atoms with Crippen molar-refractivity contribution in [2.75, 3.05) is 51.3 Å². The molecule has 0 aliphatic carbocycles. The number of primary amides is 1. The molecule has 3 aromatic rings. The summed E-state index contributed by atoms with van der Waals surface area (Å²) in [6, 6.07) is 0.931. The van der Waals surface area contributed by atoms with E-state index in [0.717, 1.165) is 11.4 Å². The molecule has 0 bridgehead atoms. The Bertz CT molecular complexity index is 2630. The molecule has 0 radical (unpaired) electrons. The van der Waals surface area contributed by atoms with Crippen LogP contribution in [-0.4, -0.2) is 205 Å². The Morgan fingerprint density at radius 1 is 0.576 bits per heavy atom. The van der Waals surface area contributed by atoms with Gasteiger partial charge in [-0.05, 0) is 69.2 Å². The number of nitrogens with one attached hydrogen (secondary N) is 12. The van der Waals surface area contributed by atoms with E-state index in [-0.39, 0.29) is 107 Å². The second-order valence-electron chi connectivity index (χ2n) is 19.2. The highest BCUT2D eigenvalue weighted by molar-refractivity contribution is 5.99. The van der Waals surface area contributed by atoms with E-state index in [1.807, 2.05) is 0 Å². The summed E-state index contributed by atoms with van der Waals surface area (Å²) in [6.45, 7) is -0.911. The van der Waals surface area contributed by atoms with E-state index in [2.05, 4.69) is 78.3 Å². The minimum atomic E-state index is -2.28. The van der Waals surface area contributed by atoms with Crippen LogP contribution >= 0.6 is 0 Å². The van der Waals surface area contributed by atoms with E-state index in [4.69, 9.17) is 10.8 Å². The van der Waals surface area contributed by atoms with Gasteiger partial charge in [0.2, 0.25) is 53.2 Å². The number of H-pyrrole nitrogens is 2. The standard InChI is InChI=1S/C52H77FN16O16/c53-35(47(80)48(81)39(71)28-70)25-65-69-32-9-7-31(8-10-32)50(83)67-37(6-2-4-20-58-45(77)27-62-43(75)15-13-41(73)60-22-18-34-24-56-30-64-34)51(84)68-38(11-16-46(78)79)52(85)66-36(49(54)82)5-1-3-19-57-44(76)26-61-42(74)14-12-40(72)59-21-17-33-23-55-29-63-33/h7-10,23-25,29-30,35-39,47-48,69-71,80-81H,1-6,11-22,26-28H2,(H2,54,82)(H,55,63)(H,56,64)(H,57,76)(H,58,77)(H,59,72)(H,60,73)(H,61,74)(H,62,75)(H,66,85)(H,67,83)(H,68,84)(H,78,79)/b65-25+. The number of imidazole rings is 2. The van der Waals surface area contributed by atoms with Gasteiger partial charge in [0.15, 0.2) is 6.17 Å². The monoisotopic (exact) mass is 1200 g/mol. The fraction of sp³-hybridized carbons (Fsp3) is 0.538. The average Bonchev–Trinajstić information content (AvgIpc) is 4.28. The van der Waals surface area contributed by atoms with Gasteiger partial charge in [0.05, 0.1) is 44.3 Å². The minimum absolute atomic E-state index is 0.0186. The molecule has 0 saturated heterocycles. The van der Waals surface area contributed by atoms with Gasteiger partial charge < -0.3 is 89.1 Å². The molecule has 33 heteroatoms. The Kier molecular flexibility index (Phi) is 32.7. The van der Waals surface area contributed by atoms with Crippen molar-refractivity contribution in [3.05, 3.63) is 66.3 Å². The Balaban J connectivity index is 1.57. The maximum absolute atomic E-state index is 14.4. The van der Waals surface area contributed by atoms with Gasteiger partial charge in [0.25, 0.3) is 5.91 Å². The molecule has 0 aliphatic rings. The molecular weight excluding hydrogens is 1120 g/mol. The maximum Gasteiger partial charge on any atom is 0.303 e. The Hall–Kier alpha value is -8.95. The fourth-order valence-electron chi connectivity index (χ4n) is 7.58. The van der Waals surface area contributed by atoms with Crippen LogP contribution in [0.1, 0.15) is 98.8 Å². The summed E-state index contributed by atoms with van der Waals surface area (Å²) < 4.78 is 14.4. The third-order valence-electron chi connectivity index (χ3n) is 12.5. The third kappa shape index (κ3) is 29.7. The number of hydrogen-bond donors (Lipinski definition) is 18. The van der Waals surface area contributed by atoms with Crippen LogP contribution in [0.3, 0.4) is 0 Å². The third-order valence-corrected chi connectivity index (χ3v) is 12.5. The normalized spacial score (nSPS) is 13.5. The smallest absolute Gasteiger partial charge is 0.303 e. The van der Waals surface area contributed by atoms with Crippen molar-refractivity contribution in [2.45, 2.75) is 133 Å². The van der Waals surface area contributed by atoms with Crippen molar-refractivity contribution >= 4 is 76.9 Å². The molecule has 85 heavy (non-hydrogen) atoms.